The Morgan fingerprint density at radius 3 is 2.84 bits per heavy atom. The van der Waals surface area contributed by atoms with E-state index < -0.39 is 12.9 Å². The summed E-state index contributed by atoms with van der Waals surface area (Å²) in [6.07, 6.45) is 3.64. The lowest BCUT2D eigenvalue weighted by atomic mass is 9.79. The molecule has 0 radical (unpaired) electrons. The summed E-state index contributed by atoms with van der Waals surface area (Å²) in [7, 11) is -1.61. The quantitative estimate of drug-likeness (QED) is 0.802. The number of rotatable bonds is 4. The van der Waals surface area contributed by atoms with E-state index in [9.17, 15) is 4.39 Å². The van der Waals surface area contributed by atoms with Crippen molar-refractivity contribution in [3.05, 3.63) is 29.6 Å². The average Bonchev–Trinajstić information content (AvgIpc) is 2.38. The molecule has 1 aliphatic rings. The van der Waals surface area contributed by atoms with Crippen LogP contribution >= 0.6 is 0 Å². The Hall–Kier alpha value is -0.905. The molecule has 0 spiro atoms. The number of halogens is 1. The molecule has 0 aromatic heterocycles. The van der Waals surface area contributed by atoms with E-state index in [1.807, 2.05) is 0 Å². The van der Waals surface area contributed by atoms with Crippen LogP contribution in [0.3, 0.4) is 0 Å². The van der Waals surface area contributed by atoms with E-state index in [0.29, 0.717) is 6.54 Å². The van der Waals surface area contributed by atoms with E-state index in [1.54, 1.807) is 6.07 Å². The summed E-state index contributed by atoms with van der Waals surface area (Å²) >= 11 is 0. The first-order valence-corrected chi connectivity index (χ1v) is 6.96. The fraction of sp³-hybridized carbons (Fsp3) is 0.571. The van der Waals surface area contributed by atoms with Gasteiger partial charge in [0.1, 0.15) is 5.82 Å². The third-order valence-corrected chi connectivity index (χ3v) is 3.86. The van der Waals surface area contributed by atoms with Crippen LogP contribution in [-0.2, 0) is 6.54 Å². The predicted molar refractivity (Wildman–Crippen MR) is 74.5 cm³/mol. The summed E-state index contributed by atoms with van der Waals surface area (Å²) < 4.78 is 13.4. The molecule has 1 heterocycles. The van der Waals surface area contributed by atoms with Gasteiger partial charge in [-0.1, -0.05) is 19.4 Å². The van der Waals surface area contributed by atoms with E-state index in [4.69, 9.17) is 10.0 Å². The van der Waals surface area contributed by atoms with Gasteiger partial charge in [-0.2, -0.15) is 0 Å². The first kappa shape index (κ1) is 14.5. The number of hydrogen-bond donors (Lipinski definition) is 2. The molecule has 0 amide bonds. The van der Waals surface area contributed by atoms with Gasteiger partial charge in [-0.3, -0.25) is 4.90 Å². The molecule has 1 unspecified atom stereocenters. The Balaban J connectivity index is 2.06. The van der Waals surface area contributed by atoms with Gasteiger partial charge in [0.2, 0.25) is 0 Å². The second-order valence-corrected chi connectivity index (χ2v) is 5.42. The molecule has 1 atom stereocenters. The van der Waals surface area contributed by atoms with Crippen LogP contribution in [0.4, 0.5) is 4.39 Å². The Bertz CT molecular complexity index is 428. The normalized spacial score (nSPS) is 20.5. The molecule has 5 heteroatoms. The topological polar surface area (TPSA) is 43.7 Å². The van der Waals surface area contributed by atoms with E-state index >= 15 is 0 Å². The third kappa shape index (κ3) is 4.03. The summed E-state index contributed by atoms with van der Waals surface area (Å²) in [4.78, 5) is 2.32. The zero-order chi connectivity index (χ0) is 13.8. The van der Waals surface area contributed by atoms with Gasteiger partial charge < -0.3 is 10.0 Å². The lowest BCUT2D eigenvalue weighted by molar-refractivity contribution is 0.164. The summed E-state index contributed by atoms with van der Waals surface area (Å²) in [5.74, 6) is 0.315. The van der Waals surface area contributed by atoms with E-state index in [2.05, 4.69) is 11.8 Å². The monoisotopic (exact) mass is 265 g/mol. The lowest BCUT2D eigenvalue weighted by Crippen LogP contribution is -2.35. The summed E-state index contributed by atoms with van der Waals surface area (Å²) in [6.45, 7) is 4.96. The fourth-order valence-electron chi connectivity index (χ4n) is 2.80. The number of piperidine rings is 1. The van der Waals surface area contributed by atoms with Crippen LogP contribution in [0.5, 0.6) is 0 Å². The van der Waals surface area contributed by atoms with Crippen LogP contribution in [0.1, 0.15) is 31.7 Å². The van der Waals surface area contributed by atoms with Crippen molar-refractivity contribution >= 4 is 12.6 Å². The highest BCUT2D eigenvalue weighted by molar-refractivity contribution is 6.58. The second-order valence-electron chi connectivity index (χ2n) is 5.42. The van der Waals surface area contributed by atoms with E-state index in [0.717, 1.165) is 24.6 Å². The Labute approximate surface area is 114 Å². The molecule has 2 N–H and O–H groups in total. The maximum Gasteiger partial charge on any atom is 0.488 e. The molecule has 3 nitrogen and oxygen atoms in total. The molecular formula is C14H21BFNO2. The van der Waals surface area contributed by atoms with Crippen LogP contribution in [0.15, 0.2) is 18.2 Å². The van der Waals surface area contributed by atoms with Crippen molar-refractivity contribution in [3.8, 4) is 0 Å². The number of nitrogens with zero attached hydrogens (tertiary/aromatic N) is 1. The van der Waals surface area contributed by atoms with Crippen LogP contribution in [0, 0.1) is 11.7 Å². The SMILES string of the molecule is CCC1CCCN(Cc2cc(F)cc(B(O)O)c2)C1. The largest absolute Gasteiger partial charge is 0.488 e. The smallest absolute Gasteiger partial charge is 0.423 e. The van der Waals surface area contributed by atoms with Gasteiger partial charge in [-0.25, -0.2) is 4.39 Å². The number of benzene rings is 1. The van der Waals surface area contributed by atoms with Crippen molar-refractivity contribution in [2.75, 3.05) is 13.1 Å². The Kier molecular flexibility index (Phi) is 4.96. The highest BCUT2D eigenvalue weighted by Gasteiger charge is 2.19. The van der Waals surface area contributed by atoms with Gasteiger partial charge >= 0.3 is 7.12 Å². The first-order valence-electron chi connectivity index (χ1n) is 6.96. The zero-order valence-corrected chi connectivity index (χ0v) is 11.3. The van der Waals surface area contributed by atoms with Crippen LogP contribution < -0.4 is 5.46 Å². The maximum absolute atomic E-state index is 13.4. The molecule has 2 rings (SSSR count). The van der Waals surface area contributed by atoms with Crippen molar-refractivity contribution in [2.24, 2.45) is 5.92 Å². The number of hydrogen-bond acceptors (Lipinski definition) is 3. The Morgan fingerprint density at radius 2 is 2.16 bits per heavy atom. The molecule has 0 saturated carbocycles. The maximum atomic E-state index is 13.4. The summed E-state index contributed by atoms with van der Waals surface area (Å²) in [5.41, 5.74) is 1.03. The van der Waals surface area contributed by atoms with Crippen molar-refractivity contribution in [3.63, 3.8) is 0 Å². The standard InChI is InChI=1S/C14H21BFNO2/c1-2-11-4-3-5-17(9-11)10-12-6-13(15(18)19)8-14(16)7-12/h6-8,11,18-19H,2-5,9-10H2,1H3. The van der Waals surface area contributed by atoms with Gasteiger partial charge in [0.25, 0.3) is 0 Å². The van der Waals surface area contributed by atoms with Gasteiger partial charge in [0.15, 0.2) is 0 Å². The van der Waals surface area contributed by atoms with Crippen molar-refractivity contribution in [2.45, 2.75) is 32.7 Å². The summed E-state index contributed by atoms with van der Waals surface area (Å²) in [6, 6.07) is 4.31. The Morgan fingerprint density at radius 1 is 1.37 bits per heavy atom. The van der Waals surface area contributed by atoms with Crippen LogP contribution in [0.2, 0.25) is 0 Å². The minimum absolute atomic E-state index is 0.221. The average molecular weight is 265 g/mol. The predicted octanol–water partition coefficient (Wildman–Crippen LogP) is 1.13. The van der Waals surface area contributed by atoms with Gasteiger partial charge in [-0.05, 0) is 48.5 Å². The molecule has 1 saturated heterocycles. The molecule has 104 valence electrons. The fourth-order valence-corrected chi connectivity index (χ4v) is 2.80. The molecule has 1 fully saturated rings. The van der Waals surface area contributed by atoms with E-state index in [-0.39, 0.29) is 5.46 Å². The molecular weight excluding hydrogens is 244 g/mol. The summed E-state index contributed by atoms with van der Waals surface area (Å²) in [5, 5.41) is 18.3. The van der Waals surface area contributed by atoms with Crippen molar-refractivity contribution in [1.29, 1.82) is 0 Å². The zero-order valence-electron chi connectivity index (χ0n) is 11.3. The van der Waals surface area contributed by atoms with Gasteiger partial charge in [0, 0.05) is 13.1 Å². The van der Waals surface area contributed by atoms with Crippen LogP contribution in [-0.4, -0.2) is 35.2 Å². The highest BCUT2D eigenvalue weighted by Crippen LogP contribution is 2.20. The van der Waals surface area contributed by atoms with E-state index in [1.165, 1.54) is 31.4 Å². The lowest BCUT2D eigenvalue weighted by Gasteiger charge is -2.32. The first-order chi connectivity index (χ1) is 9.08. The van der Waals surface area contributed by atoms with Gasteiger partial charge in [-0.15, -0.1) is 0 Å². The third-order valence-electron chi connectivity index (χ3n) is 3.86. The molecule has 0 bridgehead atoms. The molecule has 0 aliphatic carbocycles. The second kappa shape index (κ2) is 6.50. The molecule has 1 aliphatic heterocycles. The van der Waals surface area contributed by atoms with Gasteiger partial charge in [0.05, 0.1) is 0 Å². The minimum Gasteiger partial charge on any atom is -0.423 e. The molecule has 1 aromatic carbocycles. The number of likely N-dealkylation sites (tertiary alicyclic amines) is 1. The minimum atomic E-state index is -1.61. The van der Waals surface area contributed by atoms with Crippen LogP contribution in [0.25, 0.3) is 0 Å². The molecule has 19 heavy (non-hydrogen) atoms. The van der Waals surface area contributed by atoms with Crippen molar-refractivity contribution in [1.82, 2.24) is 4.90 Å². The molecule has 1 aromatic rings. The highest BCUT2D eigenvalue weighted by atomic mass is 19.1. The van der Waals surface area contributed by atoms with Crippen molar-refractivity contribution < 1.29 is 14.4 Å².